The van der Waals surface area contributed by atoms with Gasteiger partial charge in [0.2, 0.25) is 0 Å². The first kappa shape index (κ1) is 22.0. The zero-order valence-corrected chi connectivity index (χ0v) is 13.4. The van der Waals surface area contributed by atoms with Gasteiger partial charge in [0.15, 0.2) is 12.4 Å². The topological polar surface area (TPSA) is 54.1 Å². The molecule has 0 saturated heterocycles. The summed E-state index contributed by atoms with van der Waals surface area (Å²) >= 11 is 0. The minimum atomic E-state index is 0. The molecule has 0 fully saturated rings. The summed E-state index contributed by atoms with van der Waals surface area (Å²) in [4.78, 5) is 0. The van der Waals surface area contributed by atoms with Crippen molar-refractivity contribution in [3.8, 4) is 0 Å². The molecular formula is C16H18Cl2N4. The second-order valence-electron chi connectivity index (χ2n) is 3.46. The van der Waals surface area contributed by atoms with Crippen LogP contribution < -0.4 is 35.0 Å². The van der Waals surface area contributed by atoms with Gasteiger partial charge in [-0.15, -0.1) is 10.2 Å². The van der Waals surface area contributed by atoms with Crippen molar-refractivity contribution >= 4 is 0 Å². The van der Waals surface area contributed by atoms with Gasteiger partial charge in [0.05, 0.1) is 12.4 Å². The largest absolute Gasteiger partial charge is 1.00 e. The smallest absolute Gasteiger partial charge is 0.193 e. The summed E-state index contributed by atoms with van der Waals surface area (Å²) in [6.45, 7) is 0. The molecule has 2 heterocycles. The Labute approximate surface area is 143 Å². The lowest BCUT2D eigenvalue weighted by molar-refractivity contribution is -0.454. The second-order valence-corrected chi connectivity index (χ2v) is 3.46. The summed E-state index contributed by atoms with van der Waals surface area (Å²) in [5.41, 5.74) is 0. The van der Waals surface area contributed by atoms with Crippen LogP contribution in [0.3, 0.4) is 0 Å². The van der Waals surface area contributed by atoms with E-state index in [0.29, 0.717) is 0 Å². The van der Waals surface area contributed by atoms with Gasteiger partial charge in [-0.25, -0.2) is 0 Å². The first-order valence-corrected chi connectivity index (χ1v) is 6.21. The number of aromatic amines is 2. The van der Waals surface area contributed by atoms with Gasteiger partial charge in [-0.3, -0.25) is 0 Å². The minimum absolute atomic E-state index is 0. The van der Waals surface area contributed by atoms with Crippen molar-refractivity contribution in [1.29, 1.82) is 0 Å². The molecule has 6 heteroatoms. The van der Waals surface area contributed by atoms with E-state index in [0.717, 1.165) is 0 Å². The molecule has 0 atom stereocenters. The van der Waals surface area contributed by atoms with Crippen LogP contribution in [0.1, 0.15) is 0 Å². The van der Waals surface area contributed by atoms with Crippen LogP contribution in [0, 0.1) is 0 Å². The molecule has 0 saturated carbocycles. The van der Waals surface area contributed by atoms with Gasteiger partial charge in [-0.05, 0) is 22.3 Å². The molecule has 2 aromatic rings. The quantitative estimate of drug-likeness (QED) is 0.493. The Hall–Kier alpha value is -2.30. The molecule has 4 nitrogen and oxygen atoms in total. The van der Waals surface area contributed by atoms with Crippen molar-refractivity contribution in [2.75, 3.05) is 0 Å². The molecule has 0 spiro atoms. The van der Waals surface area contributed by atoms with E-state index in [1.165, 1.54) is 0 Å². The fourth-order valence-corrected chi connectivity index (χ4v) is 1.07. The van der Waals surface area contributed by atoms with E-state index >= 15 is 0 Å². The number of rotatable bonds is 0. The van der Waals surface area contributed by atoms with E-state index in [4.69, 9.17) is 0 Å². The molecule has 0 aromatic carbocycles. The maximum atomic E-state index is 3.83. The highest BCUT2D eigenvalue weighted by Crippen LogP contribution is 1.74. The van der Waals surface area contributed by atoms with E-state index in [1.54, 1.807) is 24.8 Å². The van der Waals surface area contributed by atoms with E-state index in [9.17, 15) is 0 Å². The Balaban J connectivity index is 0. The molecule has 2 N–H and O–H groups in total. The number of hydrogen-bond acceptors (Lipinski definition) is 2. The number of aromatic nitrogens is 4. The monoisotopic (exact) mass is 336 g/mol. The average Bonchev–Trinajstić information content (AvgIpc) is 2.52. The third kappa shape index (κ3) is 15.8. The summed E-state index contributed by atoms with van der Waals surface area (Å²) in [6, 6.07) is 23.0. The Bertz CT molecular complexity index is 355. The van der Waals surface area contributed by atoms with Crippen molar-refractivity contribution in [3.05, 3.63) is 97.6 Å². The predicted octanol–water partition coefficient (Wildman–Crippen LogP) is -3.95. The number of hydrogen-bond donors (Lipinski definition) is 0. The second kappa shape index (κ2) is 18.7. The molecule has 0 radical (unpaired) electrons. The highest BCUT2D eigenvalue weighted by Gasteiger charge is 1.65. The van der Waals surface area contributed by atoms with Crippen LogP contribution in [0.2, 0.25) is 0 Å². The van der Waals surface area contributed by atoms with Crippen LogP contribution in [-0.2, 0) is 0 Å². The molecule has 0 unspecified atom stereocenters. The first-order chi connectivity index (χ1) is 10.0. The lowest BCUT2D eigenvalue weighted by Crippen LogP contribution is -3.00. The molecule has 0 aliphatic rings. The van der Waals surface area contributed by atoms with Crippen LogP contribution in [0.5, 0.6) is 0 Å². The van der Waals surface area contributed by atoms with Gasteiger partial charge in [0.25, 0.3) is 0 Å². The Morgan fingerprint density at radius 3 is 1.14 bits per heavy atom. The minimum Gasteiger partial charge on any atom is -1.00 e. The molecule has 0 aliphatic carbocycles. The van der Waals surface area contributed by atoms with Crippen LogP contribution in [-0.4, -0.2) is 10.2 Å². The molecule has 0 bridgehead atoms. The highest BCUT2D eigenvalue weighted by atomic mass is 35.5. The molecular weight excluding hydrogens is 319 g/mol. The van der Waals surface area contributed by atoms with Crippen LogP contribution in [0.15, 0.2) is 97.6 Å². The van der Waals surface area contributed by atoms with Gasteiger partial charge in [0, 0.05) is 12.1 Å². The lowest BCUT2D eigenvalue weighted by Gasteiger charge is -1.65. The molecule has 0 amide bonds. The summed E-state index contributed by atoms with van der Waals surface area (Å²) in [7, 11) is 0. The van der Waals surface area contributed by atoms with E-state index in [2.05, 4.69) is 20.4 Å². The van der Waals surface area contributed by atoms with Gasteiger partial charge in [-0.1, -0.05) is 48.5 Å². The predicted molar refractivity (Wildman–Crippen MR) is 76.8 cm³/mol. The summed E-state index contributed by atoms with van der Waals surface area (Å²) in [5.74, 6) is 0. The van der Waals surface area contributed by atoms with E-state index in [1.807, 2.05) is 72.8 Å². The Kier molecular flexibility index (Phi) is 18.7. The normalized spacial score (nSPS) is 7.27. The number of halogens is 2. The molecule has 2 rings (SSSR count). The van der Waals surface area contributed by atoms with Crippen LogP contribution >= 0.6 is 0 Å². The van der Waals surface area contributed by atoms with Crippen molar-refractivity contribution < 1.29 is 35.0 Å². The lowest BCUT2D eigenvalue weighted by atomic mass is 10.5. The van der Waals surface area contributed by atoms with Gasteiger partial charge >= 0.3 is 0 Å². The molecule has 0 aliphatic heterocycles. The fourth-order valence-electron chi connectivity index (χ4n) is 1.07. The molecule has 2 aromatic heterocycles. The standard InChI is InChI=1S/2C8H8N2.2ClH/c2*1-2-4-6-8-10-9-7-5-3-1;;/h2*1-8H;2*1H. The van der Waals surface area contributed by atoms with E-state index < -0.39 is 0 Å². The number of nitrogens with zero attached hydrogens (tertiary/aromatic N) is 2. The highest BCUT2D eigenvalue weighted by molar-refractivity contribution is 4.91. The van der Waals surface area contributed by atoms with Crippen LogP contribution in [0.4, 0.5) is 0 Å². The zero-order chi connectivity index (χ0) is 14.1. The Morgan fingerprint density at radius 2 is 0.727 bits per heavy atom. The molecule has 22 heavy (non-hydrogen) atoms. The van der Waals surface area contributed by atoms with Gasteiger partial charge < -0.3 is 24.8 Å². The zero-order valence-electron chi connectivity index (χ0n) is 11.9. The fraction of sp³-hybridized carbons (Fsp3) is 0. The van der Waals surface area contributed by atoms with Gasteiger partial charge in [0.1, 0.15) is 0 Å². The summed E-state index contributed by atoms with van der Waals surface area (Å²) < 4.78 is 0. The Morgan fingerprint density at radius 1 is 0.409 bits per heavy atom. The first-order valence-electron chi connectivity index (χ1n) is 6.21. The molecule has 116 valence electrons. The maximum absolute atomic E-state index is 3.83. The number of H-pyrrole nitrogens is 2. The van der Waals surface area contributed by atoms with Crippen molar-refractivity contribution in [2.45, 2.75) is 0 Å². The number of nitrogens with one attached hydrogen (secondary N) is 2. The van der Waals surface area contributed by atoms with Crippen molar-refractivity contribution in [2.24, 2.45) is 0 Å². The van der Waals surface area contributed by atoms with Crippen LogP contribution in [0.25, 0.3) is 0 Å². The van der Waals surface area contributed by atoms with Crippen molar-refractivity contribution in [3.63, 3.8) is 0 Å². The van der Waals surface area contributed by atoms with E-state index in [-0.39, 0.29) is 24.8 Å². The summed E-state index contributed by atoms with van der Waals surface area (Å²) in [6.07, 6.45) is 6.92. The maximum Gasteiger partial charge on any atom is 0.193 e. The average molecular weight is 337 g/mol. The van der Waals surface area contributed by atoms with Crippen molar-refractivity contribution in [1.82, 2.24) is 10.2 Å². The SMILES string of the molecule is [Cl-].[Cl-].c1cccc[nH+]nccc1.c1cccc[nH+]nccc1. The third-order valence-corrected chi connectivity index (χ3v) is 1.92. The van der Waals surface area contributed by atoms with Gasteiger partial charge in [-0.2, -0.15) is 0 Å². The summed E-state index contributed by atoms with van der Waals surface area (Å²) in [5, 5.41) is 13.1. The third-order valence-electron chi connectivity index (χ3n) is 1.92.